The standard InChI is InChI=1S/C10H10O.C8H8O.C3H4O/c1-9-5-2-3-6-10(9)7-4-8-11;1-7-4-2-3-5-8(7)6-9;1-2-3-4/h2-8H,1H3;2-6H,1H3;2-3H,1H2/b7-4+;;. The Kier molecular flexibility index (Phi) is 11.8. The minimum absolute atomic E-state index is 0.639. The summed E-state index contributed by atoms with van der Waals surface area (Å²) in [5, 5.41) is 0. The van der Waals surface area contributed by atoms with Gasteiger partial charge in [0.05, 0.1) is 0 Å². The van der Waals surface area contributed by atoms with Gasteiger partial charge in [0.2, 0.25) is 0 Å². The molecule has 0 atom stereocenters. The molecule has 2 rings (SSSR count). The Bertz CT molecular complexity index is 679. The smallest absolute Gasteiger partial charge is 0.150 e. The van der Waals surface area contributed by atoms with Crippen LogP contribution >= 0.6 is 0 Å². The van der Waals surface area contributed by atoms with Gasteiger partial charge in [-0.15, -0.1) is 0 Å². The van der Waals surface area contributed by atoms with E-state index in [1.54, 1.807) is 0 Å². The molecule has 0 aliphatic carbocycles. The molecule has 24 heavy (non-hydrogen) atoms. The number of hydrogen-bond acceptors (Lipinski definition) is 3. The summed E-state index contributed by atoms with van der Waals surface area (Å²) in [5.74, 6) is 0. The Morgan fingerprint density at radius 2 is 1.21 bits per heavy atom. The van der Waals surface area contributed by atoms with Gasteiger partial charge in [-0.2, -0.15) is 0 Å². The number of carbonyl (C=O) groups excluding carboxylic acids is 3. The van der Waals surface area contributed by atoms with Gasteiger partial charge in [0.25, 0.3) is 0 Å². The normalized spacial score (nSPS) is 8.92. The van der Waals surface area contributed by atoms with Crippen molar-refractivity contribution in [2.45, 2.75) is 13.8 Å². The number of benzene rings is 2. The first-order chi connectivity index (χ1) is 11.6. The molecular formula is C21H22O3. The Morgan fingerprint density at radius 3 is 1.54 bits per heavy atom. The summed E-state index contributed by atoms with van der Waals surface area (Å²) in [4.78, 5) is 29.3. The zero-order valence-corrected chi connectivity index (χ0v) is 14.0. The average molecular weight is 322 g/mol. The number of allylic oxidation sites excluding steroid dienone is 2. The van der Waals surface area contributed by atoms with Gasteiger partial charge in [-0.05, 0) is 42.7 Å². The van der Waals surface area contributed by atoms with Crippen molar-refractivity contribution in [3.8, 4) is 0 Å². The lowest BCUT2D eigenvalue weighted by molar-refractivity contribution is -0.104. The highest BCUT2D eigenvalue weighted by atomic mass is 16.1. The molecule has 124 valence electrons. The lowest BCUT2D eigenvalue weighted by Crippen LogP contribution is -1.82. The van der Waals surface area contributed by atoms with Crippen LogP contribution in [0.4, 0.5) is 0 Å². The minimum atomic E-state index is 0.639. The molecule has 0 heterocycles. The van der Waals surface area contributed by atoms with Crippen molar-refractivity contribution in [2.24, 2.45) is 0 Å². The van der Waals surface area contributed by atoms with Gasteiger partial charge < -0.3 is 0 Å². The Morgan fingerprint density at radius 1 is 0.750 bits per heavy atom. The molecule has 0 radical (unpaired) electrons. The maximum atomic E-state index is 10.2. The molecule has 0 saturated carbocycles. The SMILES string of the molecule is C=CC=O.Cc1ccccc1/C=C/C=O.Cc1ccccc1C=O. The van der Waals surface area contributed by atoms with Crippen LogP contribution in [0.3, 0.4) is 0 Å². The molecule has 0 aromatic heterocycles. The molecule has 0 aliphatic rings. The Labute approximate surface area is 143 Å². The highest BCUT2D eigenvalue weighted by molar-refractivity contribution is 5.76. The molecule has 2 aromatic carbocycles. The summed E-state index contributed by atoms with van der Waals surface area (Å²) in [6, 6.07) is 15.4. The van der Waals surface area contributed by atoms with E-state index in [9.17, 15) is 9.59 Å². The van der Waals surface area contributed by atoms with Gasteiger partial charge >= 0.3 is 0 Å². The van der Waals surface area contributed by atoms with Crippen LogP contribution in [0.1, 0.15) is 27.0 Å². The minimum Gasteiger partial charge on any atom is -0.299 e. The van der Waals surface area contributed by atoms with E-state index in [4.69, 9.17) is 4.79 Å². The molecule has 0 saturated heterocycles. The third kappa shape index (κ3) is 9.05. The predicted octanol–water partition coefficient (Wildman–Crippen LogP) is 4.39. The molecular weight excluding hydrogens is 300 g/mol. The van der Waals surface area contributed by atoms with Crippen LogP contribution in [0, 0.1) is 13.8 Å². The molecule has 0 unspecified atom stereocenters. The van der Waals surface area contributed by atoms with Gasteiger partial charge in [0.1, 0.15) is 18.9 Å². The van der Waals surface area contributed by atoms with E-state index in [1.165, 1.54) is 17.7 Å². The van der Waals surface area contributed by atoms with Gasteiger partial charge in [-0.25, -0.2) is 0 Å². The number of rotatable bonds is 4. The molecule has 0 aliphatic heterocycles. The van der Waals surface area contributed by atoms with E-state index in [-0.39, 0.29) is 0 Å². The first kappa shape index (κ1) is 20.9. The molecule has 2 aromatic rings. The maximum Gasteiger partial charge on any atom is 0.150 e. The summed E-state index contributed by atoms with van der Waals surface area (Å²) >= 11 is 0. The fourth-order valence-electron chi connectivity index (χ4n) is 1.64. The molecule has 3 nitrogen and oxygen atoms in total. The highest BCUT2D eigenvalue weighted by Crippen LogP contribution is 2.07. The van der Waals surface area contributed by atoms with Crippen molar-refractivity contribution in [2.75, 3.05) is 0 Å². The van der Waals surface area contributed by atoms with Crippen LogP contribution < -0.4 is 0 Å². The molecule has 0 amide bonds. The summed E-state index contributed by atoms with van der Waals surface area (Å²) in [6.07, 6.45) is 6.80. The van der Waals surface area contributed by atoms with Crippen molar-refractivity contribution < 1.29 is 14.4 Å². The fraction of sp³-hybridized carbons (Fsp3) is 0.0952. The number of hydrogen-bond donors (Lipinski definition) is 0. The monoisotopic (exact) mass is 322 g/mol. The largest absolute Gasteiger partial charge is 0.299 e. The Balaban J connectivity index is 0.000000367. The second-order valence-corrected chi connectivity index (χ2v) is 4.70. The van der Waals surface area contributed by atoms with Crippen molar-refractivity contribution in [3.05, 3.63) is 89.5 Å². The van der Waals surface area contributed by atoms with Gasteiger partial charge in [-0.1, -0.05) is 61.2 Å². The van der Waals surface area contributed by atoms with E-state index in [0.717, 1.165) is 29.3 Å². The third-order valence-electron chi connectivity index (χ3n) is 2.95. The second-order valence-electron chi connectivity index (χ2n) is 4.70. The van der Waals surface area contributed by atoms with Crippen LogP contribution in [0.5, 0.6) is 0 Å². The lowest BCUT2D eigenvalue weighted by Gasteiger charge is -1.96. The zero-order valence-electron chi connectivity index (χ0n) is 14.0. The van der Waals surface area contributed by atoms with Crippen LogP contribution in [-0.4, -0.2) is 18.9 Å². The van der Waals surface area contributed by atoms with Crippen LogP contribution in [0.15, 0.2) is 67.3 Å². The fourth-order valence-corrected chi connectivity index (χ4v) is 1.64. The van der Waals surface area contributed by atoms with Crippen LogP contribution in [-0.2, 0) is 9.59 Å². The van der Waals surface area contributed by atoms with E-state index in [2.05, 4.69) is 6.58 Å². The maximum absolute atomic E-state index is 10.2. The first-order valence-corrected chi connectivity index (χ1v) is 7.35. The van der Waals surface area contributed by atoms with E-state index < -0.39 is 0 Å². The quantitative estimate of drug-likeness (QED) is 0.620. The summed E-state index contributed by atoms with van der Waals surface area (Å²) in [5.41, 5.74) is 4.09. The first-order valence-electron chi connectivity index (χ1n) is 7.35. The number of aldehydes is 3. The lowest BCUT2D eigenvalue weighted by atomic mass is 10.1. The highest BCUT2D eigenvalue weighted by Gasteiger charge is 1.90. The van der Waals surface area contributed by atoms with Crippen molar-refractivity contribution in [3.63, 3.8) is 0 Å². The molecule has 0 bridgehead atoms. The van der Waals surface area contributed by atoms with E-state index in [1.807, 2.05) is 68.5 Å². The van der Waals surface area contributed by atoms with E-state index >= 15 is 0 Å². The zero-order chi connectivity index (χ0) is 18.2. The van der Waals surface area contributed by atoms with Crippen molar-refractivity contribution in [1.82, 2.24) is 0 Å². The Hall–Kier alpha value is -3.07. The predicted molar refractivity (Wildman–Crippen MR) is 99.1 cm³/mol. The second kappa shape index (κ2) is 13.6. The molecule has 3 heteroatoms. The summed E-state index contributed by atoms with van der Waals surface area (Å²) in [6.45, 7) is 7.05. The summed E-state index contributed by atoms with van der Waals surface area (Å²) in [7, 11) is 0. The van der Waals surface area contributed by atoms with Crippen LogP contribution in [0.25, 0.3) is 6.08 Å². The molecule has 0 fully saturated rings. The third-order valence-corrected chi connectivity index (χ3v) is 2.95. The molecule has 0 spiro atoms. The van der Waals surface area contributed by atoms with Crippen LogP contribution in [0.2, 0.25) is 0 Å². The van der Waals surface area contributed by atoms with E-state index in [0.29, 0.717) is 6.29 Å². The number of carbonyl (C=O) groups is 3. The topological polar surface area (TPSA) is 51.2 Å². The van der Waals surface area contributed by atoms with Gasteiger partial charge in [-0.3, -0.25) is 14.4 Å². The van der Waals surface area contributed by atoms with Gasteiger partial charge in [0, 0.05) is 5.56 Å². The van der Waals surface area contributed by atoms with Gasteiger partial charge in [0.15, 0.2) is 0 Å². The van der Waals surface area contributed by atoms with Crippen molar-refractivity contribution in [1.29, 1.82) is 0 Å². The average Bonchev–Trinajstić information content (AvgIpc) is 2.62. The molecule has 0 N–H and O–H groups in total. The van der Waals surface area contributed by atoms with Crippen molar-refractivity contribution >= 4 is 24.9 Å². The number of aryl methyl sites for hydroxylation is 2. The summed E-state index contributed by atoms with van der Waals surface area (Å²) < 4.78 is 0.